The molecule has 0 aromatic heterocycles. The van der Waals surface area contributed by atoms with Crippen LogP contribution in [0.5, 0.6) is 0 Å². The average Bonchev–Trinajstić information content (AvgIpc) is 2.80. The lowest BCUT2D eigenvalue weighted by molar-refractivity contribution is 0.836. The van der Waals surface area contributed by atoms with Gasteiger partial charge in [0.25, 0.3) is 0 Å². The molecule has 1 aliphatic heterocycles. The number of nitrogens with two attached hydrogens (primary N) is 1. The molecule has 2 aromatic rings. The number of hydrogen-bond acceptors (Lipinski definition) is 2. The molecule has 2 aromatic carbocycles. The fourth-order valence-electron chi connectivity index (χ4n) is 2.57. The number of anilines is 2. The van der Waals surface area contributed by atoms with Gasteiger partial charge in [0.15, 0.2) is 0 Å². The van der Waals surface area contributed by atoms with E-state index in [1.165, 1.54) is 11.3 Å². The van der Waals surface area contributed by atoms with Crippen LogP contribution in [0.3, 0.4) is 0 Å². The number of nitrogen functional groups attached to an aromatic ring is 1. The fourth-order valence-corrected chi connectivity index (χ4v) is 2.95. The first kappa shape index (κ1) is 12.6. The van der Waals surface area contributed by atoms with Crippen molar-refractivity contribution < 1.29 is 0 Å². The molecular weight excluding hydrogens is 279 g/mol. The van der Waals surface area contributed by atoms with Crippen LogP contribution in [-0.2, 0) is 13.0 Å². The summed E-state index contributed by atoms with van der Waals surface area (Å²) in [5.41, 5.74) is 10.4. The van der Waals surface area contributed by atoms with E-state index in [-0.39, 0.29) is 0 Å². The third-order valence-corrected chi connectivity index (χ3v) is 4.41. The average molecular weight is 293 g/mol. The summed E-state index contributed by atoms with van der Waals surface area (Å²) in [4.78, 5) is 2.29. The molecule has 4 heteroatoms. The molecular formula is C15H14Cl2N2. The molecule has 0 bridgehead atoms. The van der Waals surface area contributed by atoms with E-state index in [9.17, 15) is 0 Å². The normalized spacial score (nSPS) is 13.7. The van der Waals surface area contributed by atoms with Crippen molar-refractivity contribution >= 4 is 34.6 Å². The molecule has 1 heterocycles. The zero-order valence-electron chi connectivity index (χ0n) is 10.4. The third kappa shape index (κ3) is 2.26. The predicted molar refractivity (Wildman–Crippen MR) is 82.1 cm³/mol. The van der Waals surface area contributed by atoms with Crippen LogP contribution in [0.1, 0.15) is 11.1 Å². The second kappa shape index (κ2) is 4.95. The van der Waals surface area contributed by atoms with Gasteiger partial charge in [-0.1, -0.05) is 41.4 Å². The van der Waals surface area contributed by atoms with Crippen molar-refractivity contribution in [3.8, 4) is 0 Å². The van der Waals surface area contributed by atoms with E-state index in [0.717, 1.165) is 30.8 Å². The smallest absolute Gasteiger partial charge is 0.0642 e. The lowest BCUT2D eigenvalue weighted by Gasteiger charge is -2.20. The molecule has 1 aliphatic rings. The summed E-state index contributed by atoms with van der Waals surface area (Å²) < 4.78 is 0. The quantitative estimate of drug-likeness (QED) is 0.843. The lowest BCUT2D eigenvalue weighted by atomic mass is 10.1. The van der Waals surface area contributed by atoms with Crippen LogP contribution < -0.4 is 10.6 Å². The molecule has 2 N–H and O–H groups in total. The van der Waals surface area contributed by atoms with Crippen molar-refractivity contribution in [3.63, 3.8) is 0 Å². The molecule has 2 nitrogen and oxygen atoms in total. The highest BCUT2D eigenvalue weighted by Gasteiger charge is 2.21. The van der Waals surface area contributed by atoms with Crippen LogP contribution in [0.25, 0.3) is 0 Å². The highest BCUT2D eigenvalue weighted by atomic mass is 35.5. The van der Waals surface area contributed by atoms with Crippen molar-refractivity contribution in [2.75, 3.05) is 17.2 Å². The standard InChI is InChI=1S/C15H14Cl2N2/c16-12-4-1-3-10(15(12)17)9-19-8-7-11-13(18)5-2-6-14(11)19/h1-6H,7-9,18H2. The predicted octanol–water partition coefficient (Wildman–Crippen LogP) is 4.14. The van der Waals surface area contributed by atoms with Gasteiger partial charge in [-0.15, -0.1) is 0 Å². The summed E-state index contributed by atoms with van der Waals surface area (Å²) in [6.45, 7) is 1.72. The first-order valence-corrected chi connectivity index (χ1v) is 6.97. The van der Waals surface area contributed by atoms with Crippen molar-refractivity contribution in [2.24, 2.45) is 0 Å². The van der Waals surface area contributed by atoms with Crippen LogP contribution in [0, 0.1) is 0 Å². The number of nitrogens with zero attached hydrogens (tertiary/aromatic N) is 1. The molecule has 0 fully saturated rings. The SMILES string of the molecule is Nc1cccc2c1CCN2Cc1cccc(Cl)c1Cl. The Bertz CT molecular complexity index is 626. The van der Waals surface area contributed by atoms with Crippen LogP contribution in [0.2, 0.25) is 10.0 Å². The van der Waals surface area contributed by atoms with Gasteiger partial charge in [-0.3, -0.25) is 0 Å². The Morgan fingerprint density at radius 2 is 1.89 bits per heavy atom. The molecule has 0 amide bonds. The van der Waals surface area contributed by atoms with E-state index in [0.29, 0.717) is 10.0 Å². The van der Waals surface area contributed by atoms with Gasteiger partial charge in [-0.05, 0) is 30.2 Å². The second-order valence-corrected chi connectivity index (χ2v) is 5.51. The van der Waals surface area contributed by atoms with E-state index >= 15 is 0 Å². The summed E-state index contributed by atoms with van der Waals surface area (Å²) in [7, 11) is 0. The molecule has 0 saturated carbocycles. The van der Waals surface area contributed by atoms with E-state index in [2.05, 4.69) is 11.0 Å². The van der Waals surface area contributed by atoms with Gasteiger partial charge in [0.1, 0.15) is 0 Å². The highest BCUT2D eigenvalue weighted by Crippen LogP contribution is 2.34. The van der Waals surface area contributed by atoms with Gasteiger partial charge in [0.2, 0.25) is 0 Å². The summed E-state index contributed by atoms with van der Waals surface area (Å²) >= 11 is 12.3. The van der Waals surface area contributed by atoms with Gasteiger partial charge in [-0.25, -0.2) is 0 Å². The summed E-state index contributed by atoms with van der Waals surface area (Å²) in [6, 6.07) is 11.8. The van der Waals surface area contributed by atoms with E-state index in [1.807, 2.05) is 30.3 Å². The maximum atomic E-state index is 6.25. The van der Waals surface area contributed by atoms with Crippen molar-refractivity contribution in [2.45, 2.75) is 13.0 Å². The maximum absolute atomic E-state index is 6.25. The molecule has 0 radical (unpaired) electrons. The van der Waals surface area contributed by atoms with Crippen LogP contribution in [-0.4, -0.2) is 6.54 Å². The fraction of sp³-hybridized carbons (Fsp3) is 0.200. The summed E-state index contributed by atoms with van der Waals surface area (Å²) in [5.74, 6) is 0. The minimum Gasteiger partial charge on any atom is -0.398 e. The van der Waals surface area contributed by atoms with Crippen LogP contribution >= 0.6 is 23.2 Å². The zero-order valence-corrected chi connectivity index (χ0v) is 11.9. The van der Waals surface area contributed by atoms with Gasteiger partial charge in [0, 0.05) is 30.0 Å². The Morgan fingerprint density at radius 1 is 1.11 bits per heavy atom. The van der Waals surface area contributed by atoms with Crippen molar-refractivity contribution in [1.82, 2.24) is 0 Å². The highest BCUT2D eigenvalue weighted by molar-refractivity contribution is 6.42. The molecule has 0 atom stereocenters. The van der Waals surface area contributed by atoms with E-state index < -0.39 is 0 Å². The maximum Gasteiger partial charge on any atom is 0.0642 e. The molecule has 0 saturated heterocycles. The number of hydrogen-bond donors (Lipinski definition) is 1. The van der Waals surface area contributed by atoms with Gasteiger partial charge >= 0.3 is 0 Å². The molecule has 0 unspecified atom stereocenters. The Labute approximate surface area is 122 Å². The lowest BCUT2D eigenvalue weighted by Crippen LogP contribution is -2.19. The second-order valence-electron chi connectivity index (χ2n) is 4.73. The minimum absolute atomic E-state index is 0.603. The van der Waals surface area contributed by atoms with E-state index in [4.69, 9.17) is 28.9 Å². The number of benzene rings is 2. The first-order valence-electron chi connectivity index (χ1n) is 6.22. The Balaban J connectivity index is 1.91. The van der Waals surface area contributed by atoms with Crippen molar-refractivity contribution in [1.29, 1.82) is 0 Å². The molecule has 3 rings (SSSR count). The number of halogens is 2. The largest absolute Gasteiger partial charge is 0.398 e. The molecule has 0 aliphatic carbocycles. The summed E-state index contributed by atoms with van der Waals surface area (Å²) in [6.07, 6.45) is 0.986. The molecule has 0 spiro atoms. The van der Waals surface area contributed by atoms with Gasteiger partial charge < -0.3 is 10.6 Å². The van der Waals surface area contributed by atoms with E-state index in [1.54, 1.807) is 0 Å². The van der Waals surface area contributed by atoms with Crippen LogP contribution in [0.4, 0.5) is 11.4 Å². The minimum atomic E-state index is 0.603. The molecule has 98 valence electrons. The zero-order chi connectivity index (χ0) is 13.4. The van der Waals surface area contributed by atoms with Gasteiger partial charge in [0.05, 0.1) is 10.0 Å². The topological polar surface area (TPSA) is 29.3 Å². The molecule has 19 heavy (non-hydrogen) atoms. The summed E-state index contributed by atoms with van der Waals surface area (Å²) in [5, 5.41) is 1.24. The van der Waals surface area contributed by atoms with Crippen LogP contribution in [0.15, 0.2) is 36.4 Å². The Morgan fingerprint density at radius 3 is 2.74 bits per heavy atom. The number of fused-ring (bicyclic) bond motifs is 1. The third-order valence-electron chi connectivity index (χ3n) is 3.55. The van der Waals surface area contributed by atoms with Crippen molar-refractivity contribution in [3.05, 3.63) is 57.6 Å². The van der Waals surface area contributed by atoms with Gasteiger partial charge in [-0.2, -0.15) is 0 Å². The Hall–Kier alpha value is -1.38. The monoisotopic (exact) mass is 292 g/mol. The number of rotatable bonds is 2. The first-order chi connectivity index (χ1) is 9.16. The Kier molecular flexibility index (Phi) is 3.29.